The van der Waals surface area contributed by atoms with Crippen molar-refractivity contribution in [3.8, 4) is 10.8 Å². The monoisotopic (exact) mass is 327 g/mol. The first-order chi connectivity index (χ1) is 11.2. The lowest BCUT2D eigenvalue weighted by Gasteiger charge is -2.14. The van der Waals surface area contributed by atoms with E-state index >= 15 is 0 Å². The third-order valence-electron chi connectivity index (χ3n) is 4.23. The Morgan fingerprint density at radius 3 is 3.00 bits per heavy atom. The van der Waals surface area contributed by atoms with Crippen molar-refractivity contribution in [1.82, 2.24) is 9.88 Å². The first kappa shape index (κ1) is 14.4. The van der Waals surface area contributed by atoms with Crippen LogP contribution in [0.4, 0.5) is 0 Å². The summed E-state index contributed by atoms with van der Waals surface area (Å²) in [6, 6.07) is 11.5. The summed E-state index contributed by atoms with van der Waals surface area (Å²) in [6.07, 6.45) is 0.966. The average molecular weight is 327 g/mol. The van der Waals surface area contributed by atoms with Crippen LogP contribution in [0.2, 0.25) is 0 Å². The highest BCUT2D eigenvalue weighted by Crippen LogP contribution is 2.31. The van der Waals surface area contributed by atoms with Gasteiger partial charge < -0.3 is 15.1 Å². The molecule has 3 heterocycles. The number of likely N-dealkylation sites (tertiary alicyclic amines) is 1. The van der Waals surface area contributed by atoms with E-state index < -0.39 is 0 Å². The molecule has 0 bridgehead atoms. The van der Waals surface area contributed by atoms with E-state index in [1.165, 1.54) is 0 Å². The van der Waals surface area contributed by atoms with Gasteiger partial charge in [0.05, 0.1) is 10.2 Å². The zero-order chi connectivity index (χ0) is 15.8. The van der Waals surface area contributed by atoms with Gasteiger partial charge in [0, 0.05) is 13.1 Å². The van der Waals surface area contributed by atoms with E-state index in [-0.39, 0.29) is 5.91 Å². The van der Waals surface area contributed by atoms with E-state index in [1.54, 1.807) is 17.4 Å². The third-order valence-corrected chi connectivity index (χ3v) is 5.28. The number of thiazole rings is 1. The number of furan rings is 1. The quantitative estimate of drug-likeness (QED) is 0.803. The lowest BCUT2D eigenvalue weighted by Crippen LogP contribution is -2.29. The second-order valence-corrected chi connectivity index (χ2v) is 6.82. The second-order valence-electron chi connectivity index (χ2n) is 5.79. The second kappa shape index (κ2) is 5.79. The Balaban J connectivity index is 1.58. The fraction of sp³-hybridized carbons (Fsp3) is 0.294. The van der Waals surface area contributed by atoms with Crippen LogP contribution < -0.4 is 5.73 Å². The molecule has 1 aliphatic rings. The third kappa shape index (κ3) is 2.64. The minimum atomic E-state index is -0.0617. The molecule has 3 aromatic rings. The van der Waals surface area contributed by atoms with Crippen molar-refractivity contribution < 1.29 is 9.21 Å². The highest BCUT2D eigenvalue weighted by molar-refractivity contribution is 7.21. The Morgan fingerprint density at radius 1 is 1.35 bits per heavy atom. The molecule has 2 N–H and O–H groups in total. The smallest absolute Gasteiger partial charge is 0.289 e. The Labute approximate surface area is 137 Å². The van der Waals surface area contributed by atoms with Gasteiger partial charge in [-0.2, -0.15) is 0 Å². The van der Waals surface area contributed by atoms with Crippen molar-refractivity contribution >= 4 is 27.5 Å². The molecular weight excluding hydrogens is 310 g/mol. The topological polar surface area (TPSA) is 72.4 Å². The number of hydrogen-bond donors (Lipinski definition) is 1. The molecule has 5 nitrogen and oxygen atoms in total. The van der Waals surface area contributed by atoms with E-state index in [2.05, 4.69) is 4.98 Å². The largest absolute Gasteiger partial charge is 0.448 e. The summed E-state index contributed by atoms with van der Waals surface area (Å²) in [6.45, 7) is 2.09. The van der Waals surface area contributed by atoms with Crippen molar-refractivity contribution in [3.05, 3.63) is 42.2 Å². The normalized spacial score (nSPS) is 18.0. The summed E-state index contributed by atoms with van der Waals surface area (Å²) < 4.78 is 6.88. The van der Waals surface area contributed by atoms with Crippen molar-refractivity contribution in [2.24, 2.45) is 11.7 Å². The van der Waals surface area contributed by atoms with Crippen LogP contribution >= 0.6 is 11.3 Å². The van der Waals surface area contributed by atoms with Crippen LogP contribution in [0.15, 0.2) is 40.8 Å². The van der Waals surface area contributed by atoms with Crippen LogP contribution in [0.5, 0.6) is 0 Å². The molecule has 4 rings (SSSR count). The molecule has 1 unspecified atom stereocenters. The molecule has 1 fully saturated rings. The number of fused-ring (bicyclic) bond motifs is 1. The number of carbonyl (C=O) groups excluding carboxylic acids is 1. The Morgan fingerprint density at radius 2 is 2.22 bits per heavy atom. The van der Waals surface area contributed by atoms with Gasteiger partial charge in [0.15, 0.2) is 16.5 Å². The minimum absolute atomic E-state index is 0.0617. The van der Waals surface area contributed by atoms with Crippen LogP contribution in [0, 0.1) is 5.92 Å². The van der Waals surface area contributed by atoms with Crippen LogP contribution in [0.1, 0.15) is 17.0 Å². The maximum atomic E-state index is 12.5. The maximum absolute atomic E-state index is 12.5. The van der Waals surface area contributed by atoms with Gasteiger partial charge in [0.2, 0.25) is 0 Å². The Bertz CT molecular complexity index is 821. The number of carbonyl (C=O) groups is 1. The van der Waals surface area contributed by atoms with E-state index in [4.69, 9.17) is 10.2 Å². The number of rotatable bonds is 3. The van der Waals surface area contributed by atoms with Crippen LogP contribution in [0.25, 0.3) is 21.0 Å². The summed E-state index contributed by atoms with van der Waals surface area (Å²) in [5.41, 5.74) is 6.63. The molecule has 0 spiro atoms. The summed E-state index contributed by atoms with van der Waals surface area (Å²) in [5, 5.41) is 0.798. The molecule has 1 aromatic carbocycles. The maximum Gasteiger partial charge on any atom is 0.289 e. The molecule has 23 heavy (non-hydrogen) atoms. The summed E-state index contributed by atoms with van der Waals surface area (Å²) in [5.74, 6) is 1.35. The van der Waals surface area contributed by atoms with Gasteiger partial charge in [-0.3, -0.25) is 4.79 Å². The highest BCUT2D eigenvalue weighted by atomic mass is 32.1. The minimum Gasteiger partial charge on any atom is -0.448 e. The van der Waals surface area contributed by atoms with Gasteiger partial charge in [-0.25, -0.2) is 4.98 Å². The fourth-order valence-electron chi connectivity index (χ4n) is 2.91. The van der Waals surface area contributed by atoms with Gasteiger partial charge in [-0.05, 0) is 43.1 Å². The molecule has 1 amide bonds. The summed E-state index contributed by atoms with van der Waals surface area (Å²) in [4.78, 5) is 18.9. The zero-order valence-electron chi connectivity index (χ0n) is 12.6. The Kier molecular flexibility index (Phi) is 3.63. The average Bonchev–Trinajstić information content (AvgIpc) is 3.31. The van der Waals surface area contributed by atoms with Gasteiger partial charge in [0.25, 0.3) is 5.91 Å². The molecule has 0 saturated carbocycles. The predicted molar refractivity (Wildman–Crippen MR) is 90.4 cm³/mol. The molecule has 2 aromatic heterocycles. The first-order valence-corrected chi connectivity index (χ1v) is 8.51. The number of benzene rings is 1. The number of aromatic nitrogens is 1. The molecule has 6 heteroatoms. The van der Waals surface area contributed by atoms with E-state index in [0.29, 0.717) is 30.5 Å². The van der Waals surface area contributed by atoms with Crippen LogP contribution in [-0.4, -0.2) is 35.4 Å². The summed E-state index contributed by atoms with van der Waals surface area (Å²) >= 11 is 1.57. The van der Waals surface area contributed by atoms with Crippen molar-refractivity contribution in [2.75, 3.05) is 19.6 Å². The molecule has 1 atom stereocenters. The van der Waals surface area contributed by atoms with Crippen molar-refractivity contribution in [2.45, 2.75) is 6.42 Å². The van der Waals surface area contributed by atoms with Gasteiger partial charge in [-0.1, -0.05) is 12.1 Å². The van der Waals surface area contributed by atoms with E-state index in [0.717, 1.165) is 28.2 Å². The molecule has 1 aliphatic heterocycles. The Hall–Kier alpha value is -2.18. The van der Waals surface area contributed by atoms with Gasteiger partial charge in [0.1, 0.15) is 0 Å². The van der Waals surface area contributed by atoms with Crippen molar-refractivity contribution in [3.63, 3.8) is 0 Å². The zero-order valence-corrected chi connectivity index (χ0v) is 13.4. The molecule has 1 saturated heterocycles. The number of para-hydroxylation sites is 1. The predicted octanol–water partition coefficient (Wildman–Crippen LogP) is 2.98. The molecule has 118 valence electrons. The lowest BCUT2D eigenvalue weighted by atomic mass is 10.1. The molecule has 0 aliphatic carbocycles. The van der Waals surface area contributed by atoms with E-state index in [9.17, 15) is 4.79 Å². The summed E-state index contributed by atoms with van der Waals surface area (Å²) in [7, 11) is 0. The number of nitrogens with zero attached hydrogens (tertiary/aromatic N) is 2. The van der Waals surface area contributed by atoms with Crippen molar-refractivity contribution in [1.29, 1.82) is 0 Å². The van der Waals surface area contributed by atoms with E-state index in [1.807, 2.05) is 35.2 Å². The molecular formula is C17H17N3O2S. The standard InChI is InChI=1S/C17H17N3O2S/c18-9-11-7-8-20(10-11)17(21)14-6-5-13(22-14)16-19-12-3-1-2-4-15(12)23-16/h1-6,11H,7-10,18H2. The number of amides is 1. The number of hydrogen-bond acceptors (Lipinski definition) is 5. The lowest BCUT2D eigenvalue weighted by molar-refractivity contribution is 0.0757. The van der Waals surface area contributed by atoms with Gasteiger partial charge >= 0.3 is 0 Å². The highest BCUT2D eigenvalue weighted by Gasteiger charge is 2.28. The SMILES string of the molecule is NCC1CCN(C(=O)c2ccc(-c3nc4ccccc4s3)o2)C1. The fourth-order valence-corrected chi connectivity index (χ4v) is 3.84. The molecule has 0 radical (unpaired) electrons. The number of nitrogens with two attached hydrogens (primary N) is 1. The van der Waals surface area contributed by atoms with Crippen LogP contribution in [-0.2, 0) is 0 Å². The van der Waals surface area contributed by atoms with Crippen LogP contribution in [0.3, 0.4) is 0 Å². The van der Waals surface area contributed by atoms with Gasteiger partial charge in [-0.15, -0.1) is 11.3 Å². The first-order valence-electron chi connectivity index (χ1n) is 7.69.